The SMILES string of the molecule is CNS(=O)(=O)c1ccccc1NCc1cc(C)ccc1O. The lowest BCUT2D eigenvalue weighted by Crippen LogP contribution is -2.20. The van der Waals surface area contributed by atoms with E-state index in [-0.39, 0.29) is 10.6 Å². The van der Waals surface area contributed by atoms with E-state index in [9.17, 15) is 13.5 Å². The fourth-order valence-electron chi connectivity index (χ4n) is 2.00. The summed E-state index contributed by atoms with van der Waals surface area (Å²) in [6.07, 6.45) is 0. The number of rotatable bonds is 5. The molecule has 0 spiro atoms. The van der Waals surface area contributed by atoms with Gasteiger partial charge in [-0.1, -0.05) is 29.8 Å². The summed E-state index contributed by atoms with van der Waals surface area (Å²) in [6.45, 7) is 2.27. The molecule has 3 N–H and O–H groups in total. The molecule has 0 saturated carbocycles. The van der Waals surface area contributed by atoms with E-state index in [2.05, 4.69) is 10.0 Å². The number of aryl methyl sites for hydroxylation is 1. The Hall–Kier alpha value is -2.05. The number of aromatic hydroxyl groups is 1. The molecule has 0 aliphatic carbocycles. The minimum absolute atomic E-state index is 0.180. The standard InChI is InChI=1S/C15H18N2O3S/c1-11-7-8-14(18)12(9-11)10-17-13-5-3-4-6-15(13)21(19,20)16-2/h3-9,16-18H,10H2,1-2H3. The molecule has 0 heterocycles. The van der Waals surface area contributed by atoms with Gasteiger partial charge in [0.15, 0.2) is 0 Å². The van der Waals surface area contributed by atoms with Crippen molar-refractivity contribution in [1.29, 1.82) is 0 Å². The van der Waals surface area contributed by atoms with Crippen molar-refractivity contribution >= 4 is 15.7 Å². The van der Waals surface area contributed by atoms with Crippen molar-refractivity contribution in [2.24, 2.45) is 0 Å². The zero-order valence-corrected chi connectivity index (χ0v) is 12.7. The molecule has 0 aromatic heterocycles. The van der Waals surface area contributed by atoms with E-state index >= 15 is 0 Å². The second kappa shape index (κ2) is 6.15. The van der Waals surface area contributed by atoms with E-state index in [1.165, 1.54) is 13.1 Å². The number of sulfonamides is 1. The van der Waals surface area contributed by atoms with Crippen LogP contribution < -0.4 is 10.0 Å². The fraction of sp³-hybridized carbons (Fsp3) is 0.200. The lowest BCUT2D eigenvalue weighted by molar-refractivity contribution is 0.469. The molecular formula is C15H18N2O3S. The third-order valence-corrected chi connectivity index (χ3v) is 4.62. The molecule has 2 aromatic carbocycles. The lowest BCUT2D eigenvalue weighted by atomic mass is 10.1. The maximum Gasteiger partial charge on any atom is 0.242 e. The van der Waals surface area contributed by atoms with Gasteiger partial charge in [0.2, 0.25) is 10.0 Å². The van der Waals surface area contributed by atoms with Crippen LogP contribution in [0.2, 0.25) is 0 Å². The predicted molar refractivity (Wildman–Crippen MR) is 82.9 cm³/mol. The molecule has 0 aliphatic heterocycles. The summed E-state index contributed by atoms with van der Waals surface area (Å²) in [5.41, 5.74) is 2.24. The zero-order valence-electron chi connectivity index (χ0n) is 11.9. The highest BCUT2D eigenvalue weighted by atomic mass is 32.2. The number of phenolic OH excluding ortho intramolecular Hbond substituents is 1. The Morgan fingerprint density at radius 1 is 1.14 bits per heavy atom. The maximum atomic E-state index is 12.0. The summed E-state index contributed by atoms with van der Waals surface area (Å²) in [6, 6.07) is 12.0. The smallest absolute Gasteiger partial charge is 0.242 e. The summed E-state index contributed by atoms with van der Waals surface area (Å²) < 4.78 is 26.2. The topological polar surface area (TPSA) is 78.4 Å². The van der Waals surface area contributed by atoms with Crippen LogP contribution in [0.1, 0.15) is 11.1 Å². The van der Waals surface area contributed by atoms with E-state index in [4.69, 9.17) is 0 Å². The van der Waals surface area contributed by atoms with Crippen molar-refractivity contribution in [2.45, 2.75) is 18.4 Å². The molecule has 2 rings (SSSR count). The molecule has 21 heavy (non-hydrogen) atoms. The maximum absolute atomic E-state index is 12.0. The Morgan fingerprint density at radius 2 is 1.86 bits per heavy atom. The molecular weight excluding hydrogens is 288 g/mol. The quantitative estimate of drug-likeness (QED) is 0.791. The lowest BCUT2D eigenvalue weighted by Gasteiger charge is -2.13. The first-order chi connectivity index (χ1) is 9.94. The molecule has 0 atom stereocenters. The number of nitrogens with one attached hydrogen (secondary N) is 2. The van der Waals surface area contributed by atoms with Gasteiger partial charge in [-0.3, -0.25) is 0 Å². The third kappa shape index (κ3) is 3.53. The molecule has 6 heteroatoms. The van der Waals surface area contributed by atoms with Crippen LogP contribution in [-0.2, 0) is 16.6 Å². The van der Waals surface area contributed by atoms with Crippen LogP contribution in [0.5, 0.6) is 5.75 Å². The van der Waals surface area contributed by atoms with Crippen LogP contribution >= 0.6 is 0 Å². The molecule has 0 radical (unpaired) electrons. The first-order valence-corrected chi connectivity index (χ1v) is 7.97. The summed E-state index contributed by atoms with van der Waals surface area (Å²) >= 11 is 0. The van der Waals surface area contributed by atoms with Crippen molar-refractivity contribution in [1.82, 2.24) is 4.72 Å². The van der Waals surface area contributed by atoms with Gasteiger partial charge < -0.3 is 10.4 Å². The highest BCUT2D eigenvalue weighted by molar-refractivity contribution is 7.89. The molecule has 5 nitrogen and oxygen atoms in total. The first kappa shape index (κ1) is 15.3. The summed E-state index contributed by atoms with van der Waals surface area (Å²) in [5, 5.41) is 12.9. The minimum atomic E-state index is -3.53. The van der Waals surface area contributed by atoms with Gasteiger partial charge in [0.1, 0.15) is 10.6 Å². The van der Waals surface area contributed by atoms with Gasteiger partial charge in [0.25, 0.3) is 0 Å². The van der Waals surface area contributed by atoms with E-state index < -0.39 is 10.0 Å². The molecule has 0 unspecified atom stereocenters. The third-order valence-electron chi connectivity index (χ3n) is 3.15. The first-order valence-electron chi connectivity index (χ1n) is 6.49. The van der Waals surface area contributed by atoms with Gasteiger partial charge in [0, 0.05) is 12.1 Å². The number of hydrogen-bond donors (Lipinski definition) is 3. The van der Waals surface area contributed by atoms with Crippen molar-refractivity contribution in [3.63, 3.8) is 0 Å². The Balaban J connectivity index is 2.27. The van der Waals surface area contributed by atoms with Gasteiger partial charge in [-0.05, 0) is 32.2 Å². The zero-order chi connectivity index (χ0) is 15.5. The summed E-state index contributed by atoms with van der Waals surface area (Å²) in [7, 11) is -2.15. The van der Waals surface area contributed by atoms with E-state index in [1.807, 2.05) is 19.1 Å². The number of phenols is 1. The summed E-state index contributed by atoms with van der Waals surface area (Å²) in [5.74, 6) is 0.182. The van der Waals surface area contributed by atoms with Crippen molar-refractivity contribution in [2.75, 3.05) is 12.4 Å². The van der Waals surface area contributed by atoms with Crippen LogP contribution in [0.25, 0.3) is 0 Å². The van der Waals surface area contributed by atoms with Crippen LogP contribution in [0.3, 0.4) is 0 Å². The molecule has 2 aromatic rings. The van der Waals surface area contributed by atoms with Crippen molar-refractivity contribution < 1.29 is 13.5 Å². The molecule has 0 amide bonds. The Kier molecular flexibility index (Phi) is 4.50. The minimum Gasteiger partial charge on any atom is -0.508 e. The largest absolute Gasteiger partial charge is 0.508 e. The van der Waals surface area contributed by atoms with Gasteiger partial charge >= 0.3 is 0 Å². The number of hydrogen-bond acceptors (Lipinski definition) is 4. The summed E-state index contributed by atoms with van der Waals surface area (Å²) in [4.78, 5) is 0.180. The van der Waals surface area contributed by atoms with Crippen molar-refractivity contribution in [3.8, 4) is 5.75 Å². The van der Waals surface area contributed by atoms with Crippen molar-refractivity contribution in [3.05, 3.63) is 53.6 Å². The van der Waals surface area contributed by atoms with Crippen LogP contribution in [0.4, 0.5) is 5.69 Å². The van der Waals surface area contributed by atoms with Gasteiger partial charge in [-0.2, -0.15) is 0 Å². The number of para-hydroxylation sites is 1. The van der Waals surface area contributed by atoms with E-state index in [1.54, 1.807) is 24.3 Å². The van der Waals surface area contributed by atoms with Crippen LogP contribution in [-0.4, -0.2) is 20.6 Å². The Bertz CT molecular complexity index is 742. The normalized spacial score (nSPS) is 11.3. The van der Waals surface area contributed by atoms with Gasteiger partial charge in [0.05, 0.1) is 5.69 Å². The highest BCUT2D eigenvalue weighted by Crippen LogP contribution is 2.23. The van der Waals surface area contributed by atoms with Gasteiger partial charge in [-0.15, -0.1) is 0 Å². The average molecular weight is 306 g/mol. The predicted octanol–water partition coefficient (Wildman–Crippen LogP) is 2.22. The van der Waals surface area contributed by atoms with E-state index in [0.29, 0.717) is 17.8 Å². The van der Waals surface area contributed by atoms with Crippen LogP contribution in [0, 0.1) is 6.92 Å². The molecule has 0 aliphatic rings. The molecule has 0 bridgehead atoms. The Morgan fingerprint density at radius 3 is 2.57 bits per heavy atom. The fourth-order valence-corrected chi connectivity index (χ4v) is 2.91. The molecule has 0 fully saturated rings. The highest BCUT2D eigenvalue weighted by Gasteiger charge is 2.15. The number of benzene rings is 2. The number of anilines is 1. The molecule has 112 valence electrons. The monoisotopic (exact) mass is 306 g/mol. The average Bonchev–Trinajstić information content (AvgIpc) is 2.48. The second-order valence-electron chi connectivity index (χ2n) is 4.69. The molecule has 0 saturated heterocycles. The van der Waals surface area contributed by atoms with Crippen LogP contribution in [0.15, 0.2) is 47.4 Å². The Labute approximate surface area is 124 Å². The van der Waals surface area contributed by atoms with E-state index in [0.717, 1.165) is 5.56 Å². The second-order valence-corrected chi connectivity index (χ2v) is 6.54. The van der Waals surface area contributed by atoms with Gasteiger partial charge in [-0.25, -0.2) is 13.1 Å².